The Morgan fingerprint density at radius 1 is 0.880 bits per heavy atom. The molecule has 0 bridgehead atoms. The molecule has 3 heterocycles. The summed E-state index contributed by atoms with van der Waals surface area (Å²) in [6, 6.07) is 15.7. The Morgan fingerprint density at radius 3 is 2.40 bits per heavy atom. The smallest absolute Gasteiger partial charge is 0.411 e. The molecule has 0 aliphatic carbocycles. The molecule has 0 amide bonds. The van der Waals surface area contributed by atoms with E-state index in [-0.39, 0.29) is 12.4 Å². The molecule has 2 aromatic heterocycles. The second-order valence-corrected chi connectivity index (χ2v) is 5.57. The number of cyclic esters (lactones) is 1. The first kappa shape index (κ1) is 15.2. The zero-order valence-corrected chi connectivity index (χ0v) is 13.3. The number of rotatable bonds is 0. The minimum Gasteiger partial charge on any atom is -0.453 e. The van der Waals surface area contributed by atoms with E-state index in [9.17, 15) is 9.18 Å². The van der Waals surface area contributed by atoms with Gasteiger partial charge < -0.3 is 4.74 Å². The number of aromatic nitrogens is 2. The van der Waals surface area contributed by atoms with Gasteiger partial charge in [0.2, 0.25) is 12.4 Å². The highest BCUT2D eigenvalue weighted by atomic mass is 19.1. The van der Waals surface area contributed by atoms with Crippen molar-refractivity contribution in [3.05, 3.63) is 90.1 Å². The Morgan fingerprint density at radius 2 is 1.60 bits per heavy atom. The van der Waals surface area contributed by atoms with Gasteiger partial charge in [-0.25, -0.2) is 9.18 Å². The molecule has 0 spiro atoms. The summed E-state index contributed by atoms with van der Waals surface area (Å²) in [6.45, 7) is 0.116. The van der Waals surface area contributed by atoms with Gasteiger partial charge in [0.05, 0.1) is 14.9 Å². The molecule has 0 unspecified atom stereocenters. The van der Waals surface area contributed by atoms with Crippen molar-refractivity contribution in [1.29, 1.82) is 0 Å². The number of fused-ring (bicyclic) bond motifs is 5. The molecular weight excluding hydrogens is 319 g/mol. The predicted octanol–water partition coefficient (Wildman–Crippen LogP) is 2.56. The molecule has 1 aromatic carbocycles. The van der Waals surface area contributed by atoms with Crippen molar-refractivity contribution in [1.82, 2.24) is 0 Å². The SMILES string of the molecule is O=C1OC/C=C/c2cccc(F)c2-c2cccc[n+]2-[n+]2ccccc21. The van der Waals surface area contributed by atoms with Gasteiger partial charge in [0, 0.05) is 24.3 Å². The van der Waals surface area contributed by atoms with E-state index in [4.69, 9.17) is 4.74 Å². The highest BCUT2D eigenvalue weighted by molar-refractivity contribution is 5.85. The average molecular weight is 334 g/mol. The second-order valence-electron chi connectivity index (χ2n) is 5.57. The van der Waals surface area contributed by atoms with Crippen LogP contribution < -0.4 is 9.35 Å². The number of ether oxygens (including phenoxy) is 1. The van der Waals surface area contributed by atoms with E-state index >= 15 is 0 Å². The van der Waals surface area contributed by atoms with Crippen LogP contribution in [0.4, 0.5) is 4.39 Å². The van der Waals surface area contributed by atoms with Crippen molar-refractivity contribution in [2.45, 2.75) is 0 Å². The molecule has 0 fully saturated rings. The molecule has 4 nitrogen and oxygen atoms in total. The fourth-order valence-electron chi connectivity index (χ4n) is 2.93. The van der Waals surface area contributed by atoms with Crippen LogP contribution in [0.15, 0.2) is 73.1 Å². The third-order valence-corrected chi connectivity index (χ3v) is 4.03. The third-order valence-electron chi connectivity index (χ3n) is 4.03. The summed E-state index contributed by atoms with van der Waals surface area (Å²) in [7, 11) is 0. The maximum atomic E-state index is 14.7. The van der Waals surface area contributed by atoms with Gasteiger partial charge in [0.15, 0.2) is 0 Å². The molecule has 5 heteroatoms. The number of carbonyl (C=O) groups excluding carboxylic acids is 1. The van der Waals surface area contributed by atoms with Crippen LogP contribution in [0.1, 0.15) is 16.1 Å². The number of hydrogen-bond acceptors (Lipinski definition) is 2. The second kappa shape index (κ2) is 6.28. The first-order valence-corrected chi connectivity index (χ1v) is 7.90. The summed E-state index contributed by atoms with van der Waals surface area (Å²) in [5, 5.41) is 0. The van der Waals surface area contributed by atoms with Crippen molar-refractivity contribution >= 4 is 12.0 Å². The molecule has 122 valence electrons. The third kappa shape index (κ3) is 2.70. The molecule has 1 aliphatic heterocycles. The first-order chi connectivity index (χ1) is 12.3. The zero-order valence-electron chi connectivity index (χ0n) is 13.3. The van der Waals surface area contributed by atoms with Crippen LogP contribution in [0.2, 0.25) is 0 Å². The molecule has 0 saturated heterocycles. The van der Waals surface area contributed by atoms with E-state index in [0.717, 1.165) is 5.56 Å². The fourth-order valence-corrected chi connectivity index (χ4v) is 2.93. The summed E-state index contributed by atoms with van der Waals surface area (Å²) < 4.78 is 23.4. The number of esters is 1. The molecule has 4 rings (SSSR count). The minimum atomic E-state index is -0.445. The largest absolute Gasteiger partial charge is 0.453 e. The van der Waals surface area contributed by atoms with Crippen LogP contribution in [-0.4, -0.2) is 12.6 Å². The lowest BCUT2D eigenvalue weighted by atomic mass is 10.0. The van der Waals surface area contributed by atoms with Crippen LogP contribution in [0.3, 0.4) is 0 Å². The maximum absolute atomic E-state index is 14.7. The Bertz CT molecular complexity index is 998. The number of pyridine rings is 2. The first-order valence-electron chi connectivity index (χ1n) is 7.90. The quantitative estimate of drug-likeness (QED) is 0.468. The number of carbonyl (C=O) groups is 1. The summed E-state index contributed by atoms with van der Waals surface area (Å²) in [4.78, 5) is 12.4. The Kier molecular flexibility index (Phi) is 3.82. The number of nitrogens with zero attached hydrogens (tertiary/aromatic N) is 2. The highest BCUT2D eigenvalue weighted by Gasteiger charge is 2.32. The van der Waals surface area contributed by atoms with Crippen molar-refractivity contribution in [3.8, 4) is 11.3 Å². The standard InChI is InChI=1S/C20H15FN2O2/c21-16-9-5-7-15-8-6-14-25-20(24)18-11-2-4-13-23(18)22-12-3-1-10-17(22)19(15)16/h1-13H,14H2/q+2/b8-6+. The molecule has 3 aromatic rings. The lowest BCUT2D eigenvalue weighted by molar-refractivity contribution is -1.29. The van der Waals surface area contributed by atoms with Crippen molar-refractivity contribution < 1.29 is 23.3 Å². The average Bonchev–Trinajstić information content (AvgIpc) is 2.67. The van der Waals surface area contributed by atoms with Gasteiger partial charge in [-0.2, -0.15) is 0 Å². The molecule has 0 N–H and O–H groups in total. The van der Waals surface area contributed by atoms with Crippen LogP contribution >= 0.6 is 0 Å². The molecule has 1 aliphatic rings. The lowest BCUT2D eigenvalue weighted by Gasteiger charge is -2.04. The van der Waals surface area contributed by atoms with E-state index in [1.807, 2.05) is 24.3 Å². The van der Waals surface area contributed by atoms with E-state index in [1.54, 1.807) is 58.2 Å². The van der Waals surface area contributed by atoms with E-state index in [2.05, 4.69) is 0 Å². The number of benzene rings is 1. The molecule has 0 atom stereocenters. The summed E-state index contributed by atoms with van der Waals surface area (Å²) in [5.74, 6) is -0.773. The Balaban J connectivity index is 2.09. The Labute approximate surface area is 144 Å². The maximum Gasteiger partial charge on any atom is 0.411 e. The monoisotopic (exact) mass is 334 g/mol. The van der Waals surface area contributed by atoms with Crippen LogP contribution in [0, 0.1) is 5.82 Å². The topological polar surface area (TPSA) is 34.1 Å². The van der Waals surface area contributed by atoms with E-state index in [0.29, 0.717) is 17.0 Å². The van der Waals surface area contributed by atoms with Crippen LogP contribution in [-0.2, 0) is 4.74 Å². The van der Waals surface area contributed by atoms with Gasteiger partial charge in [-0.3, -0.25) is 0 Å². The molecular formula is C20H15FN2O2+2. The van der Waals surface area contributed by atoms with Crippen molar-refractivity contribution in [2.24, 2.45) is 0 Å². The molecule has 0 radical (unpaired) electrons. The van der Waals surface area contributed by atoms with Gasteiger partial charge in [0.1, 0.15) is 12.4 Å². The molecule has 0 saturated carbocycles. The van der Waals surface area contributed by atoms with Gasteiger partial charge >= 0.3 is 11.7 Å². The molecule has 25 heavy (non-hydrogen) atoms. The van der Waals surface area contributed by atoms with E-state index in [1.165, 1.54) is 6.07 Å². The normalized spacial score (nSPS) is 14.4. The van der Waals surface area contributed by atoms with Crippen molar-refractivity contribution in [2.75, 3.05) is 6.61 Å². The summed E-state index contributed by atoms with van der Waals surface area (Å²) in [6.07, 6.45) is 7.00. The van der Waals surface area contributed by atoms with Crippen molar-refractivity contribution in [3.63, 3.8) is 0 Å². The van der Waals surface area contributed by atoms with Crippen LogP contribution in [0.25, 0.3) is 17.3 Å². The van der Waals surface area contributed by atoms with Gasteiger partial charge in [-0.05, 0) is 29.8 Å². The Hall–Kier alpha value is -3.34. The number of halogens is 1. The fraction of sp³-hybridized carbons (Fsp3) is 0.0500. The van der Waals surface area contributed by atoms with E-state index < -0.39 is 5.97 Å². The highest BCUT2D eigenvalue weighted by Crippen LogP contribution is 2.25. The lowest BCUT2D eigenvalue weighted by Crippen LogP contribution is -2.69. The summed E-state index contributed by atoms with van der Waals surface area (Å²) >= 11 is 0. The van der Waals surface area contributed by atoms with Gasteiger partial charge in [-0.1, -0.05) is 18.2 Å². The summed E-state index contributed by atoms with van der Waals surface area (Å²) in [5.41, 5.74) is 2.17. The number of hydrogen-bond donors (Lipinski definition) is 0. The van der Waals surface area contributed by atoms with Gasteiger partial charge in [0.25, 0.3) is 5.69 Å². The zero-order chi connectivity index (χ0) is 17.2. The van der Waals surface area contributed by atoms with Gasteiger partial charge in [-0.15, -0.1) is 0 Å². The van der Waals surface area contributed by atoms with Crippen LogP contribution in [0.5, 0.6) is 0 Å². The predicted molar refractivity (Wildman–Crippen MR) is 88.8 cm³/mol. The minimum absolute atomic E-state index is 0.116.